The van der Waals surface area contributed by atoms with Gasteiger partial charge in [0.2, 0.25) is 0 Å². The first-order chi connectivity index (χ1) is 7.04. The van der Waals surface area contributed by atoms with Gasteiger partial charge in [-0.25, -0.2) is 4.39 Å². The normalized spacial score (nSPS) is 9.07. The van der Waals surface area contributed by atoms with Crippen molar-refractivity contribution < 1.29 is 9.18 Å². The van der Waals surface area contributed by atoms with Crippen LogP contribution in [0.2, 0.25) is 0 Å². The number of nitrogens with one attached hydrogen (secondary N) is 1. The highest BCUT2D eigenvalue weighted by atomic mass is 79.9. The highest BCUT2D eigenvalue weighted by Crippen LogP contribution is 2.23. The monoisotopic (exact) mass is 269 g/mol. The molecule has 0 fully saturated rings. The highest BCUT2D eigenvalue weighted by Gasteiger charge is 2.07. The van der Waals surface area contributed by atoms with Crippen molar-refractivity contribution in [3.63, 3.8) is 0 Å². The predicted molar refractivity (Wildman–Crippen MR) is 60.9 cm³/mol. The molecular weight excluding hydrogens is 261 g/mol. The topological polar surface area (TPSA) is 29.1 Å². The van der Waals surface area contributed by atoms with Gasteiger partial charge in [0.15, 0.2) is 0 Å². The van der Waals surface area contributed by atoms with Gasteiger partial charge >= 0.3 is 0 Å². The first-order valence-corrected chi connectivity index (χ1v) is 5.03. The molecule has 0 spiro atoms. The maximum absolute atomic E-state index is 13.3. The minimum atomic E-state index is -0.516. The third kappa shape index (κ3) is 3.07. The van der Waals surface area contributed by atoms with Gasteiger partial charge in [-0.15, -0.1) is 0 Å². The Morgan fingerprint density at radius 1 is 1.53 bits per heavy atom. The Balaban J connectivity index is 2.99. The molecule has 2 nitrogen and oxygen atoms in total. The molecule has 0 saturated carbocycles. The largest absolute Gasteiger partial charge is 0.313 e. The second-order valence-electron chi connectivity index (χ2n) is 2.91. The van der Waals surface area contributed by atoms with E-state index >= 15 is 0 Å². The zero-order valence-electron chi connectivity index (χ0n) is 8.32. The van der Waals surface area contributed by atoms with Crippen molar-refractivity contribution in [1.82, 2.24) is 0 Å². The zero-order chi connectivity index (χ0) is 11.4. The van der Waals surface area contributed by atoms with E-state index in [0.29, 0.717) is 4.47 Å². The minimum Gasteiger partial charge on any atom is -0.313 e. The molecule has 0 heterocycles. The molecule has 0 radical (unpaired) electrons. The molecule has 78 valence electrons. The van der Waals surface area contributed by atoms with E-state index in [1.807, 2.05) is 6.92 Å². The average molecular weight is 270 g/mol. The van der Waals surface area contributed by atoms with Gasteiger partial charge in [-0.2, -0.15) is 0 Å². The van der Waals surface area contributed by atoms with Gasteiger partial charge in [-0.3, -0.25) is 4.79 Å². The summed E-state index contributed by atoms with van der Waals surface area (Å²) in [6.07, 6.45) is 0. The first kappa shape index (κ1) is 11.7. The summed E-state index contributed by atoms with van der Waals surface area (Å²) < 4.78 is 14.0. The maximum Gasteiger partial charge on any atom is 0.300 e. The van der Waals surface area contributed by atoms with E-state index < -0.39 is 11.7 Å². The summed E-state index contributed by atoms with van der Waals surface area (Å²) in [5.74, 6) is 3.71. The van der Waals surface area contributed by atoms with Crippen molar-refractivity contribution >= 4 is 27.5 Å². The molecule has 0 unspecified atom stereocenters. The van der Waals surface area contributed by atoms with Crippen LogP contribution < -0.4 is 5.32 Å². The maximum atomic E-state index is 13.3. The van der Waals surface area contributed by atoms with Crippen LogP contribution in [0.25, 0.3) is 0 Å². The van der Waals surface area contributed by atoms with Crippen LogP contribution in [0.5, 0.6) is 0 Å². The third-order valence-electron chi connectivity index (χ3n) is 1.74. The van der Waals surface area contributed by atoms with Crippen LogP contribution in [0.3, 0.4) is 0 Å². The Labute approximate surface area is 96.0 Å². The van der Waals surface area contributed by atoms with Crippen LogP contribution in [0, 0.1) is 24.6 Å². The molecule has 4 heteroatoms. The molecule has 1 aromatic rings. The van der Waals surface area contributed by atoms with Crippen LogP contribution in [0.4, 0.5) is 10.1 Å². The summed E-state index contributed by atoms with van der Waals surface area (Å²) >= 11 is 3.20. The van der Waals surface area contributed by atoms with Crippen molar-refractivity contribution in [2.24, 2.45) is 0 Å². The molecule has 1 rings (SSSR count). The molecule has 0 aliphatic rings. The Morgan fingerprint density at radius 2 is 2.20 bits per heavy atom. The molecular formula is C11H9BrFNO. The number of halogens is 2. The lowest BCUT2D eigenvalue weighted by Crippen LogP contribution is -2.10. The number of anilines is 1. The summed E-state index contributed by atoms with van der Waals surface area (Å²) in [7, 11) is 0. The fraction of sp³-hybridized carbons (Fsp3) is 0.182. The number of benzene rings is 1. The van der Waals surface area contributed by atoms with Crippen LogP contribution in [0.15, 0.2) is 16.6 Å². The van der Waals surface area contributed by atoms with Crippen LogP contribution in [-0.2, 0) is 4.79 Å². The number of rotatable bonds is 1. The van der Waals surface area contributed by atoms with Crippen LogP contribution >= 0.6 is 15.9 Å². The summed E-state index contributed by atoms with van der Waals surface area (Å²) in [5, 5.41) is 2.37. The Hall–Kier alpha value is -1.34. The van der Waals surface area contributed by atoms with Crippen molar-refractivity contribution in [1.29, 1.82) is 0 Å². The molecule has 15 heavy (non-hydrogen) atoms. The molecule has 0 aliphatic heterocycles. The van der Waals surface area contributed by atoms with E-state index in [9.17, 15) is 9.18 Å². The summed E-state index contributed by atoms with van der Waals surface area (Å²) in [4.78, 5) is 11.1. The standard InChI is InChI=1S/C11H9BrFNO/c1-3-4-11(15)14-10-5-7(2)8(12)6-9(10)13/h5-6H,1-2H3,(H,14,15). The van der Waals surface area contributed by atoms with E-state index in [0.717, 1.165) is 5.56 Å². The zero-order valence-corrected chi connectivity index (χ0v) is 9.90. The van der Waals surface area contributed by atoms with E-state index in [-0.39, 0.29) is 5.69 Å². The third-order valence-corrected chi connectivity index (χ3v) is 2.59. The minimum absolute atomic E-state index is 0.142. The fourth-order valence-corrected chi connectivity index (χ4v) is 1.34. The number of hydrogen-bond acceptors (Lipinski definition) is 1. The van der Waals surface area contributed by atoms with Gasteiger partial charge in [0, 0.05) is 4.47 Å². The number of carbonyl (C=O) groups excluding carboxylic acids is 1. The van der Waals surface area contributed by atoms with Crippen molar-refractivity contribution in [3.05, 3.63) is 28.0 Å². The van der Waals surface area contributed by atoms with Crippen molar-refractivity contribution in [2.45, 2.75) is 13.8 Å². The van der Waals surface area contributed by atoms with E-state index in [1.165, 1.54) is 6.07 Å². The Kier molecular flexibility index (Phi) is 3.87. The summed E-state index contributed by atoms with van der Waals surface area (Å²) in [5.41, 5.74) is 0.986. The van der Waals surface area contributed by atoms with E-state index in [4.69, 9.17) is 0 Å². The number of amides is 1. The van der Waals surface area contributed by atoms with Gasteiger partial charge < -0.3 is 5.32 Å². The first-order valence-electron chi connectivity index (χ1n) is 4.24. The number of hydrogen-bond donors (Lipinski definition) is 1. The molecule has 1 N–H and O–H groups in total. The lowest BCUT2D eigenvalue weighted by molar-refractivity contribution is -0.111. The van der Waals surface area contributed by atoms with Gasteiger partial charge in [-0.05, 0) is 37.5 Å². The second-order valence-corrected chi connectivity index (χ2v) is 3.76. The smallest absolute Gasteiger partial charge is 0.300 e. The van der Waals surface area contributed by atoms with E-state index in [1.54, 1.807) is 13.0 Å². The fourth-order valence-electron chi connectivity index (χ4n) is 1.02. The number of carbonyl (C=O) groups is 1. The van der Waals surface area contributed by atoms with Gasteiger partial charge in [0.05, 0.1) is 5.69 Å². The molecule has 0 aliphatic carbocycles. The second kappa shape index (κ2) is 4.94. The van der Waals surface area contributed by atoms with E-state index in [2.05, 4.69) is 33.1 Å². The molecule has 1 amide bonds. The van der Waals surface area contributed by atoms with Gasteiger partial charge in [0.25, 0.3) is 5.91 Å². The molecule has 0 atom stereocenters. The predicted octanol–water partition coefficient (Wildman–Crippen LogP) is 2.86. The van der Waals surface area contributed by atoms with Gasteiger partial charge in [-0.1, -0.05) is 21.9 Å². The van der Waals surface area contributed by atoms with Crippen LogP contribution in [0.1, 0.15) is 12.5 Å². The molecule has 0 aromatic heterocycles. The van der Waals surface area contributed by atoms with Crippen molar-refractivity contribution in [3.8, 4) is 11.8 Å². The molecule has 0 saturated heterocycles. The quantitative estimate of drug-likeness (QED) is 0.781. The Morgan fingerprint density at radius 3 is 2.80 bits per heavy atom. The summed E-state index contributed by atoms with van der Waals surface area (Å²) in [6.45, 7) is 3.35. The lowest BCUT2D eigenvalue weighted by Gasteiger charge is -2.05. The SMILES string of the molecule is CC#CC(=O)Nc1cc(C)c(Br)cc1F. The molecule has 0 bridgehead atoms. The lowest BCUT2D eigenvalue weighted by atomic mass is 10.2. The highest BCUT2D eigenvalue weighted by molar-refractivity contribution is 9.10. The van der Waals surface area contributed by atoms with Gasteiger partial charge in [0.1, 0.15) is 5.82 Å². The van der Waals surface area contributed by atoms with Crippen molar-refractivity contribution in [2.75, 3.05) is 5.32 Å². The van der Waals surface area contributed by atoms with Crippen LogP contribution in [-0.4, -0.2) is 5.91 Å². The number of aryl methyl sites for hydroxylation is 1. The summed E-state index contributed by atoms with van der Waals surface area (Å²) in [6, 6.07) is 2.86. The Bertz CT molecular complexity index is 460. The molecule has 1 aromatic carbocycles. The average Bonchev–Trinajstić information content (AvgIpc) is 2.14.